The molecule has 0 aromatic carbocycles. The van der Waals surface area contributed by atoms with Crippen LogP contribution in [0.1, 0.15) is 26.2 Å². The second kappa shape index (κ2) is 2.70. The van der Waals surface area contributed by atoms with Crippen LogP contribution in [0.3, 0.4) is 0 Å². The molecule has 0 aromatic heterocycles. The van der Waals surface area contributed by atoms with E-state index in [0.29, 0.717) is 0 Å². The third-order valence-electron chi connectivity index (χ3n) is 1.82. The Morgan fingerprint density at radius 1 is 1.60 bits per heavy atom. The number of hydrogen-bond donors (Lipinski definition) is 0. The van der Waals surface area contributed by atoms with Crippen LogP contribution in [0.25, 0.3) is 0 Å². The maximum Gasteiger partial charge on any atom is 0.156 e. The number of Topliss-reactive ketones (excluding diaryl/α,β-unsaturated/α-hetero) is 1. The number of ketones is 1. The van der Waals surface area contributed by atoms with E-state index in [1.807, 2.05) is 0 Å². The van der Waals surface area contributed by atoms with Crippen LogP contribution < -0.4 is 0 Å². The molecule has 0 saturated carbocycles. The highest BCUT2D eigenvalue weighted by Crippen LogP contribution is 2.25. The van der Waals surface area contributed by atoms with Gasteiger partial charge in [0.15, 0.2) is 5.78 Å². The van der Waals surface area contributed by atoms with Crippen LogP contribution in [0.5, 0.6) is 0 Å². The summed E-state index contributed by atoms with van der Waals surface area (Å²) in [6.07, 6.45) is 8.06. The Labute approximate surface area is 61.1 Å². The molecule has 1 aliphatic carbocycles. The molecule has 0 amide bonds. The predicted octanol–water partition coefficient (Wildman–Crippen LogP) is 1.69. The van der Waals surface area contributed by atoms with E-state index in [4.69, 9.17) is 6.42 Å². The normalized spacial score (nSPS) is 17.2. The molecule has 0 radical (unpaired) electrons. The fraction of sp³-hybridized carbons (Fsp3) is 0.444. The Bertz CT molecular complexity index is 228. The summed E-state index contributed by atoms with van der Waals surface area (Å²) in [6.45, 7) is 1.58. The van der Waals surface area contributed by atoms with Gasteiger partial charge in [-0.25, -0.2) is 0 Å². The van der Waals surface area contributed by atoms with Crippen molar-refractivity contribution < 1.29 is 4.79 Å². The number of carbonyl (C=O) groups is 1. The van der Waals surface area contributed by atoms with Gasteiger partial charge in [0.25, 0.3) is 0 Å². The zero-order valence-electron chi connectivity index (χ0n) is 6.11. The molecule has 1 aliphatic rings. The summed E-state index contributed by atoms with van der Waals surface area (Å²) in [6, 6.07) is 0. The number of rotatable bonds is 1. The lowest BCUT2D eigenvalue weighted by atomic mass is 10.1. The van der Waals surface area contributed by atoms with Crippen molar-refractivity contribution >= 4 is 5.78 Å². The Hall–Kier alpha value is -1.03. The third-order valence-corrected chi connectivity index (χ3v) is 1.82. The van der Waals surface area contributed by atoms with Crippen LogP contribution in [-0.4, -0.2) is 5.78 Å². The number of allylic oxidation sites excluding steroid dienone is 2. The zero-order chi connectivity index (χ0) is 7.56. The van der Waals surface area contributed by atoms with Crippen molar-refractivity contribution in [1.82, 2.24) is 0 Å². The van der Waals surface area contributed by atoms with Gasteiger partial charge in [-0.15, -0.1) is 6.42 Å². The van der Waals surface area contributed by atoms with Gasteiger partial charge in [0.1, 0.15) is 0 Å². The van der Waals surface area contributed by atoms with E-state index in [1.165, 1.54) is 0 Å². The molecule has 10 heavy (non-hydrogen) atoms. The Morgan fingerprint density at radius 3 is 2.70 bits per heavy atom. The highest BCUT2D eigenvalue weighted by Gasteiger charge is 2.15. The summed E-state index contributed by atoms with van der Waals surface area (Å²) in [7, 11) is 0. The van der Waals surface area contributed by atoms with Crippen LogP contribution in [0.4, 0.5) is 0 Å². The first-order chi connectivity index (χ1) is 4.75. The number of terminal acetylenes is 1. The maximum atomic E-state index is 10.9. The Kier molecular flexibility index (Phi) is 1.91. The van der Waals surface area contributed by atoms with Crippen LogP contribution >= 0.6 is 0 Å². The average Bonchev–Trinajstić information content (AvgIpc) is 2.33. The van der Waals surface area contributed by atoms with E-state index in [2.05, 4.69) is 5.92 Å². The maximum absolute atomic E-state index is 10.9. The van der Waals surface area contributed by atoms with Gasteiger partial charge in [0.2, 0.25) is 0 Å². The summed E-state index contributed by atoms with van der Waals surface area (Å²) >= 11 is 0. The minimum Gasteiger partial charge on any atom is -0.295 e. The van der Waals surface area contributed by atoms with Gasteiger partial charge in [-0.3, -0.25) is 4.79 Å². The number of carbonyl (C=O) groups excluding carboxylic acids is 1. The van der Waals surface area contributed by atoms with E-state index >= 15 is 0 Å². The smallest absolute Gasteiger partial charge is 0.156 e. The largest absolute Gasteiger partial charge is 0.295 e. The van der Waals surface area contributed by atoms with Crippen LogP contribution in [0.15, 0.2) is 11.1 Å². The second-order valence-corrected chi connectivity index (χ2v) is 2.51. The molecule has 0 unspecified atom stereocenters. The standard InChI is InChI=1S/C9H10O/c1-3-8-5-4-6-9(8)7(2)10/h1H,4-6H2,2H3. The molecule has 0 aromatic rings. The molecule has 0 spiro atoms. The fourth-order valence-electron chi connectivity index (χ4n) is 1.29. The molecule has 1 rings (SSSR count). The van der Waals surface area contributed by atoms with E-state index in [0.717, 1.165) is 30.4 Å². The summed E-state index contributed by atoms with van der Waals surface area (Å²) in [4.78, 5) is 10.9. The molecule has 52 valence electrons. The fourth-order valence-corrected chi connectivity index (χ4v) is 1.29. The van der Waals surface area contributed by atoms with Gasteiger partial charge in [-0.05, 0) is 26.2 Å². The van der Waals surface area contributed by atoms with Gasteiger partial charge in [0, 0.05) is 11.1 Å². The molecular formula is C9H10O. The van der Waals surface area contributed by atoms with E-state index < -0.39 is 0 Å². The van der Waals surface area contributed by atoms with E-state index in [9.17, 15) is 4.79 Å². The second-order valence-electron chi connectivity index (χ2n) is 2.51. The van der Waals surface area contributed by atoms with Crippen LogP contribution in [0, 0.1) is 12.3 Å². The molecule has 1 heteroatoms. The summed E-state index contributed by atoms with van der Waals surface area (Å²) in [5, 5.41) is 0. The minimum atomic E-state index is 0.144. The van der Waals surface area contributed by atoms with Crippen LogP contribution in [-0.2, 0) is 4.79 Å². The third kappa shape index (κ3) is 1.11. The monoisotopic (exact) mass is 134 g/mol. The quantitative estimate of drug-likeness (QED) is 0.499. The number of hydrogen-bond acceptors (Lipinski definition) is 1. The van der Waals surface area contributed by atoms with E-state index in [-0.39, 0.29) is 5.78 Å². The summed E-state index contributed by atoms with van der Waals surface area (Å²) in [5.41, 5.74) is 1.80. The van der Waals surface area contributed by atoms with Gasteiger partial charge in [0.05, 0.1) is 0 Å². The first-order valence-corrected chi connectivity index (χ1v) is 3.45. The summed E-state index contributed by atoms with van der Waals surface area (Å²) < 4.78 is 0. The molecule has 1 nitrogen and oxygen atoms in total. The Balaban J connectivity index is 2.91. The van der Waals surface area contributed by atoms with Crippen molar-refractivity contribution in [1.29, 1.82) is 0 Å². The van der Waals surface area contributed by atoms with E-state index in [1.54, 1.807) is 6.92 Å². The summed E-state index contributed by atoms with van der Waals surface area (Å²) in [5.74, 6) is 2.70. The zero-order valence-corrected chi connectivity index (χ0v) is 6.11. The van der Waals surface area contributed by atoms with Gasteiger partial charge in [-0.1, -0.05) is 5.92 Å². The lowest BCUT2D eigenvalue weighted by Gasteiger charge is -1.93. The van der Waals surface area contributed by atoms with Crippen molar-refractivity contribution in [3.63, 3.8) is 0 Å². The molecule has 0 aliphatic heterocycles. The van der Waals surface area contributed by atoms with Crippen molar-refractivity contribution in [3.05, 3.63) is 11.1 Å². The van der Waals surface area contributed by atoms with Crippen molar-refractivity contribution in [2.75, 3.05) is 0 Å². The Morgan fingerprint density at radius 2 is 2.30 bits per heavy atom. The van der Waals surface area contributed by atoms with Crippen molar-refractivity contribution in [2.24, 2.45) is 0 Å². The molecule has 0 bridgehead atoms. The first-order valence-electron chi connectivity index (χ1n) is 3.45. The molecule has 0 fully saturated rings. The molecule has 0 atom stereocenters. The molecular weight excluding hydrogens is 124 g/mol. The topological polar surface area (TPSA) is 17.1 Å². The van der Waals surface area contributed by atoms with Crippen molar-refractivity contribution in [2.45, 2.75) is 26.2 Å². The average molecular weight is 134 g/mol. The van der Waals surface area contributed by atoms with Gasteiger partial charge >= 0.3 is 0 Å². The van der Waals surface area contributed by atoms with Crippen molar-refractivity contribution in [3.8, 4) is 12.3 Å². The minimum absolute atomic E-state index is 0.144. The molecule has 0 N–H and O–H groups in total. The predicted molar refractivity (Wildman–Crippen MR) is 40.4 cm³/mol. The highest BCUT2D eigenvalue weighted by molar-refractivity contribution is 5.95. The lowest BCUT2D eigenvalue weighted by Crippen LogP contribution is -1.94. The van der Waals surface area contributed by atoms with Gasteiger partial charge in [-0.2, -0.15) is 0 Å². The highest BCUT2D eigenvalue weighted by atomic mass is 16.1. The first kappa shape index (κ1) is 7.08. The lowest BCUT2D eigenvalue weighted by molar-refractivity contribution is -0.113. The van der Waals surface area contributed by atoms with Crippen LogP contribution in [0.2, 0.25) is 0 Å². The molecule has 0 heterocycles. The van der Waals surface area contributed by atoms with Gasteiger partial charge < -0.3 is 0 Å². The SMILES string of the molecule is C#CC1=C(C(C)=O)CCC1. The molecule has 0 saturated heterocycles.